The lowest BCUT2D eigenvalue weighted by atomic mass is 9.86. The van der Waals surface area contributed by atoms with Crippen molar-refractivity contribution < 1.29 is 9.50 Å². The molecule has 2 unspecified atom stereocenters. The molecule has 2 heteroatoms. The average Bonchev–Trinajstić information content (AvgIpc) is 2.00. The van der Waals surface area contributed by atoms with Gasteiger partial charge in [0.2, 0.25) is 0 Å². The Hall–Kier alpha value is -0.110. The van der Waals surface area contributed by atoms with E-state index in [1.165, 1.54) is 6.92 Å². The van der Waals surface area contributed by atoms with Crippen LogP contribution < -0.4 is 0 Å². The minimum atomic E-state index is -1.38. The standard InChI is InChI=1S/C9H19FO/c1-4-6-8(5-2)9(3,10)7-11/h8,11H,4-7H2,1-3H3. The van der Waals surface area contributed by atoms with E-state index in [0.29, 0.717) is 0 Å². The number of aliphatic hydroxyl groups excluding tert-OH is 1. The van der Waals surface area contributed by atoms with E-state index in [9.17, 15) is 4.39 Å². The maximum Gasteiger partial charge on any atom is 0.133 e. The highest BCUT2D eigenvalue weighted by Crippen LogP contribution is 2.28. The van der Waals surface area contributed by atoms with Gasteiger partial charge in [0.1, 0.15) is 5.67 Å². The third-order valence-electron chi connectivity index (χ3n) is 2.29. The third kappa shape index (κ3) is 3.19. The molecule has 0 aromatic carbocycles. The first-order valence-corrected chi connectivity index (χ1v) is 4.38. The molecule has 0 radical (unpaired) electrons. The summed E-state index contributed by atoms with van der Waals surface area (Å²) in [5.41, 5.74) is -1.38. The summed E-state index contributed by atoms with van der Waals surface area (Å²) in [7, 11) is 0. The topological polar surface area (TPSA) is 20.2 Å². The van der Waals surface area contributed by atoms with Crippen molar-refractivity contribution in [3.63, 3.8) is 0 Å². The molecule has 0 rings (SSSR count). The molecule has 0 bridgehead atoms. The summed E-state index contributed by atoms with van der Waals surface area (Å²) < 4.78 is 13.4. The van der Waals surface area contributed by atoms with Crippen LogP contribution in [-0.2, 0) is 0 Å². The van der Waals surface area contributed by atoms with Crippen LogP contribution in [0.4, 0.5) is 4.39 Å². The molecular formula is C9H19FO. The summed E-state index contributed by atoms with van der Waals surface area (Å²) in [5, 5.41) is 8.75. The van der Waals surface area contributed by atoms with Crippen LogP contribution in [0.25, 0.3) is 0 Å². The van der Waals surface area contributed by atoms with Crippen molar-refractivity contribution >= 4 is 0 Å². The Kier molecular flexibility index (Phi) is 4.66. The van der Waals surface area contributed by atoms with E-state index in [2.05, 4.69) is 0 Å². The number of aliphatic hydroxyl groups is 1. The molecule has 1 N–H and O–H groups in total. The Bertz CT molecular complexity index is 102. The van der Waals surface area contributed by atoms with E-state index in [0.717, 1.165) is 19.3 Å². The Labute approximate surface area is 68.6 Å². The van der Waals surface area contributed by atoms with Crippen LogP contribution in [0.2, 0.25) is 0 Å². The number of hydrogen-bond acceptors (Lipinski definition) is 1. The van der Waals surface area contributed by atoms with Crippen LogP contribution in [0.3, 0.4) is 0 Å². The van der Waals surface area contributed by atoms with Gasteiger partial charge < -0.3 is 5.11 Å². The Morgan fingerprint density at radius 3 is 2.27 bits per heavy atom. The number of alkyl halides is 1. The molecule has 0 fully saturated rings. The summed E-state index contributed by atoms with van der Waals surface area (Å²) in [4.78, 5) is 0. The van der Waals surface area contributed by atoms with E-state index in [-0.39, 0.29) is 12.5 Å². The number of halogens is 1. The molecule has 68 valence electrons. The van der Waals surface area contributed by atoms with Gasteiger partial charge in [-0.2, -0.15) is 0 Å². The molecule has 0 aliphatic rings. The molecule has 2 atom stereocenters. The molecule has 0 saturated carbocycles. The predicted molar refractivity (Wildman–Crippen MR) is 45.3 cm³/mol. The minimum absolute atomic E-state index is 0.0116. The van der Waals surface area contributed by atoms with Crippen molar-refractivity contribution in [2.45, 2.75) is 45.7 Å². The fourth-order valence-corrected chi connectivity index (χ4v) is 1.41. The lowest BCUT2D eigenvalue weighted by molar-refractivity contribution is 0.0260. The SMILES string of the molecule is CCCC(CC)C(C)(F)CO. The van der Waals surface area contributed by atoms with Crippen molar-refractivity contribution in [2.75, 3.05) is 6.61 Å². The first kappa shape index (κ1) is 10.9. The van der Waals surface area contributed by atoms with Gasteiger partial charge >= 0.3 is 0 Å². The van der Waals surface area contributed by atoms with E-state index >= 15 is 0 Å². The second kappa shape index (κ2) is 4.70. The Balaban J connectivity index is 3.99. The first-order chi connectivity index (χ1) is 5.08. The highest BCUT2D eigenvalue weighted by Gasteiger charge is 2.31. The Morgan fingerprint density at radius 2 is 2.00 bits per heavy atom. The summed E-state index contributed by atoms with van der Waals surface area (Å²) in [6.45, 7) is 5.13. The monoisotopic (exact) mass is 162 g/mol. The van der Waals surface area contributed by atoms with Crippen LogP contribution >= 0.6 is 0 Å². The molecule has 0 aromatic rings. The zero-order valence-electron chi connectivity index (χ0n) is 7.73. The summed E-state index contributed by atoms with van der Waals surface area (Å²) in [6.07, 6.45) is 2.66. The van der Waals surface area contributed by atoms with Crippen LogP contribution in [0.15, 0.2) is 0 Å². The molecule has 0 saturated heterocycles. The second-order valence-electron chi connectivity index (χ2n) is 3.33. The van der Waals surface area contributed by atoms with Gasteiger partial charge in [-0.05, 0) is 19.3 Å². The lowest BCUT2D eigenvalue weighted by Crippen LogP contribution is -2.33. The van der Waals surface area contributed by atoms with Gasteiger partial charge in [-0.15, -0.1) is 0 Å². The minimum Gasteiger partial charge on any atom is -0.393 e. The molecule has 0 aliphatic carbocycles. The molecule has 0 spiro atoms. The molecule has 0 aliphatic heterocycles. The van der Waals surface area contributed by atoms with Gasteiger partial charge in [0, 0.05) is 0 Å². The van der Waals surface area contributed by atoms with Crippen molar-refractivity contribution in [1.29, 1.82) is 0 Å². The lowest BCUT2D eigenvalue weighted by Gasteiger charge is -2.27. The summed E-state index contributed by atoms with van der Waals surface area (Å²) >= 11 is 0. The second-order valence-corrected chi connectivity index (χ2v) is 3.33. The first-order valence-electron chi connectivity index (χ1n) is 4.38. The normalized spacial score (nSPS) is 19.4. The fourth-order valence-electron chi connectivity index (χ4n) is 1.41. The van der Waals surface area contributed by atoms with E-state index in [1.54, 1.807) is 0 Å². The maximum atomic E-state index is 13.4. The molecule has 0 aromatic heterocycles. The van der Waals surface area contributed by atoms with Crippen LogP contribution in [-0.4, -0.2) is 17.4 Å². The van der Waals surface area contributed by atoms with Crippen LogP contribution in [0.5, 0.6) is 0 Å². The predicted octanol–water partition coefficient (Wildman–Crippen LogP) is 2.53. The van der Waals surface area contributed by atoms with E-state index in [1.807, 2.05) is 13.8 Å². The molecule has 1 nitrogen and oxygen atoms in total. The van der Waals surface area contributed by atoms with Crippen molar-refractivity contribution in [3.8, 4) is 0 Å². The van der Waals surface area contributed by atoms with Crippen molar-refractivity contribution in [3.05, 3.63) is 0 Å². The average molecular weight is 162 g/mol. The number of rotatable bonds is 5. The van der Waals surface area contributed by atoms with Crippen LogP contribution in [0, 0.1) is 5.92 Å². The van der Waals surface area contributed by atoms with Gasteiger partial charge in [-0.3, -0.25) is 0 Å². The van der Waals surface area contributed by atoms with Gasteiger partial charge in [0.05, 0.1) is 6.61 Å². The number of hydrogen-bond donors (Lipinski definition) is 1. The maximum absolute atomic E-state index is 13.4. The summed E-state index contributed by atoms with van der Waals surface area (Å²) in [5.74, 6) is 0.0116. The van der Waals surface area contributed by atoms with Gasteiger partial charge in [0.15, 0.2) is 0 Å². The van der Waals surface area contributed by atoms with Crippen molar-refractivity contribution in [1.82, 2.24) is 0 Å². The zero-order valence-corrected chi connectivity index (χ0v) is 7.73. The highest BCUT2D eigenvalue weighted by molar-refractivity contribution is 4.80. The quantitative estimate of drug-likeness (QED) is 0.658. The Morgan fingerprint density at radius 1 is 1.45 bits per heavy atom. The summed E-state index contributed by atoms with van der Waals surface area (Å²) in [6, 6.07) is 0. The highest BCUT2D eigenvalue weighted by atomic mass is 19.1. The smallest absolute Gasteiger partial charge is 0.133 e. The van der Waals surface area contributed by atoms with Crippen LogP contribution in [0.1, 0.15) is 40.0 Å². The van der Waals surface area contributed by atoms with E-state index in [4.69, 9.17) is 5.11 Å². The van der Waals surface area contributed by atoms with Crippen molar-refractivity contribution in [2.24, 2.45) is 5.92 Å². The molecule has 0 heterocycles. The molecular weight excluding hydrogens is 143 g/mol. The molecule has 11 heavy (non-hydrogen) atoms. The van der Waals surface area contributed by atoms with E-state index < -0.39 is 5.67 Å². The zero-order chi connectivity index (χ0) is 8.91. The van der Waals surface area contributed by atoms with Gasteiger partial charge in [0.25, 0.3) is 0 Å². The third-order valence-corrected chi connectivity index (χ3v) is 2.29. The van der Waals surface area contributed by atoms with Gasteiger partial charge in [-0.25, -0.2) is 4.39 Å². The van der Waals surface area contributed by atoms with Gasteiger partial charge in [-0.1, -0.05) is 26.7 Å². The largest absolute Gasteiger partial charge is 0.393 e. The fraction of sp³-hybridized carbons (Fsp3) is 1.00. The molecule has 0 amide bonds.